The Morgan fingerprint density at radius 2 is 1.71 bits per heavy atom. The molecule has 1 aliphatic carbocycles. The van der Waals surface area contributed by atoms with Crippen LogP contribution in [0.1, 0.15) is 56.7 Å². The predicted octanol–water partition coefficient (Wildman–Crippen LogP) is 5.72. The number of aliphatic imine (C=N–C) groups is 1. The fourth-order valence-electron chi connectivity index (χ4n) is 3.10. The molecule has 0 saturated heterocycles. The summed E-state index contributed by atoms with van der Waals surface area (Å²) in [5.41, 5.74) is 5.54. The van der Waals surface area contributed by atoms with Crippen LogP contribution in [0.5, 0.6) is 0 Å². The fourth-order valence-corrected chi connectivity index (χ4v) is 3.10. The Balaban J connectivity index is 0.000000512. The topological polar surface area (TPSA) is 79.7 Å². The van der Waals surface area contributed by atoms with E-state index < -0.39 is 17.6 Å². The average molecular weight is 496 g/mol. The van der Waals surface area contributed by atoms with Crippen molar-refractivity contribution < 1.29 is 17.6 Å². The second-order valence-corrected chi connectivity index (χ2v) is 7.67. The maximum absolute atomic E-state index is 13.7. The standard InChI is InChI=1S/C18H17F4N3.C6H14N2.C2H6/c1-24-17(10-16(23)13-7-3-5-9-15(13)19)25-11-12-6-2-4-8-14(12)18(20,21)22;1-2-5-8(7)6-3-4-6;1-2/h2-10H,11,23H2,1H3,(H,24,25);6H,2-5,7H2,1H3;1-2H3/b16-10-;;. The lowest BCUT2D eigenvalue weighted by Gasteiger charge is -2.14. The third-order valence-corrected chi connectivity index (χ3v) is 5.00. The molecule has 0 bridgehead atoms. The van der Waals surface area contributed by atoms with Gasteiger partial charge in [0.05, 0.1) is 5.56 Å². The third kappa shape index (κ3) is 10.5. The maximum Gasteiger partial charge on any atom is 0.416 e. The van der Waals surface area contributed by atoms with E-state index in [2.05, 4.69) is 17.2 Å². The van der Waals surface area contributed by atoms with Crippen molar-refractivity contribution in [1.29, 1.82) is 0 Å². The van der Waals surface area contributed by atoms with Gasteiger partial charge < -0.3 is 11.1 Å². The van der Waals surface area contributed by atoms with E-state index in [0.717, 1.165) is 18.7 Å². The first-order valence-corrected chi connectivity index (χ1v) is 11.8. The molecule has 9 heteroatoms. The van der Waals surface area contributed by atoms with Crippen LogP contribution in [0, 0.1) is 5.82 Å². The molecule has 0 atom stereocenters. The van der Waals surface area contributed by atoms with Gasteiger partial charge in [0.2, 0.25) is 0 Å². The highest BCUT2D eigenvalue weighted by atomic mass is 19.4. The minimum absolute atomic E-state index is 0.0778. The van der Waals surface area contributed by atoms with Gasteiger partial charge in [0.25, 0.3) is 0 Å². The van der Waals surface area contributed by atoms with Crippen molar-refractivity contribution >= 4 is 11.5 Å². The number of halogens is 4. The average Bonchev–Trinajstić information content (AvgIpc) is 3.69. The van der Waals surface area contributed by atoms with Gasteiger partial charge in [0.15, 0.2) is 0 Å². The number of hydrogen-bond acceptors (Lipinski definition) is 4. The van der Waals surface area contributed by atoms with Crippen molar-refractivity contribution in [2.75, 3.05) is 13.6 Å². The first kappa shape index (κ1) is 30.1. The Bertz CT molecular complexity index is 953. The summed E-state index contributed by atoms with van der Waals surface area (Å²) in [5, 5.41) is 4.75. The van der Waals surface area contributed by atoms with Crippen molar-refractivity contribution in [3.63, 3.8) is 0 Å². The first-order chi connectivity index (χ1) is 16.7. The smallest absolute Gasteiger partial charge is 0.398 e. The predicted molar refractivity (Wildman–Crippen MR) is 136 cm³/mol. The van der Waals surface area contributed by atoms with E-state index in [1.165, 1.54) is 68.8 Å². The maximum atomic E-state index is 13.7. The Morgan fingerprint density at radius 1 is 1.11 bits per heavy atom. The van der Waals surface area contributed by atoms with Crippen LogP contribution in [0.3, 0.4) is 0 Å². The quantitative estimate of drug-likeness (QED) is 0.151. The molecule has 1 saturated carbocycles. The van der Waals surface area contributed by atoms with E-state index in [-0.39, 0.29) is 29.2 Å². The van der Waals surface area contributed by atoms with E-state index in [1.54, 1.807) is 6.07 Å². The number of nitrogens with zero attached hydrogens (tertiary/aromatic N) is 2. The molecule has 2 aromatic rings. The van der Waals surface area contributed by atoms with Crippen LogP contribution in [-0.4, -0.2) is 30.5 Å². The molecular weight excluding hydrogens is 458 g/mol. The molecular formula is C26H37F4N5. The first-order valence-electron chi connectivity index (χ1n) is 11.8. The minimum Gasteiger partial charge on any atom is -0.398 e. The summed E-state index contributed by atoms with van der Waals surface area (Å²) in [6, 6.07) is 11.9. The highest BCUT2D eigenvalue weighted by molar-refractivity contribution is 5.98. The highest BCUT2D eigenvalue weighted by Gasteiger charge is 2.32. The molecule has 0 aromatic heterocycles. The summed E-state index contributed by atoms with van der Waals surface area (Å²) < 4.78 is 52.7. The lowest BCUT2D eigenvalue weighted by atomic mass is 10.1. The third-order valence-electron chi connectivity index (χ3n) is 5.00. The van der Waals surface area contributed by atoms with Crippen molar-refractivity contribution in [2.45, 2.75) is 58.8 Å². The Kier molecular flexibility index (Phi) is 13.0. The SMILES string of the molecule is CC.CCCN(N)C1CC1.CN=C(/C=C(\N)c1ccccc1F)NCc1ccccc1C(F)(F)F. The zero-order valence-electron chi connectivity index (χ0n) is 20.9. The fraction of sp³-hybridized carbons (Fsp3) is 0.423. The molecule has 0 spiro atoms. The Morgan fingerprint density at radius 3 is 2.26 bits per heavy atom. The van der Waals surface area contributed by atoms with E-state index in [0.29, 0.717) is 0 Å². The Hall–Kier alpha value is -2.91. The zero-order chi connectivity index (χ0) is 26.4. The van der Waals surface area contributed by atoms with Gasteiger partial charge in [-0.1, -0.05) is 51.1 Å². The lowest BCUT2D eigenvalue weighted by Crippen LogP contribution is -2.33. The monoisotopic (exact) mass is 495 g/mol. The molecule has 194 valence electrons. The molecule has 3 rings (SSSR count). The van der Waals surface area contributed by atoms with E-state index in [9.17, 15) is 17.6 Å². The largest absolute Gasteiger partial charge is 0.416 e. The van der Waals surface area contributed by atoms with Crippen LogP contribution in [0.4, 0.5) is 17.6 Å². The molecule has 0 unspecified atom stereocenters. The summed E-state index contributed by atoms with van der Waals surface area (Å²) >= 11 is 0. The van der Waals surface area contributed by atoms with Gasteiger partial charge in [-0.3, -0.25) is 10.8 Å². The van der Waals surface area contributed by atoms with Crippen LogP contribution < -0.4 is 16.9 Å². The summed E-state index contributed by atoms with van der Waals surface area (Å²) in [7, 11) is 1.46. The van der Waals surface area contributed by atoms with Crippen LogP contribution >= 0.6 is 0 Å². The number of amidine groups is 1. The molecule has 0 aliphatic heterocycles. The summed E-state index contributed by atoms with van der Waals surface area (Å²) in [6.45, 7) is 7.12. The summed E-state index contributed by atoms with van der Waals surface area (Å²) in [6.07, 6.45) is 0.748. The highest BCUT2D eigenvalue weighted by Crippen LogP contribution is 2.31. The van der Waals surface area contributed by atoms with E-state index in [4.69, 9.17) is 11.6 Å². The number of hydrogen-bond donors (Lipinski definition) is 3. The summed E-state index contributed by atoms with van der Waals surface area (Å²) in [5.74, 6) is 5.38. The van der Waals surface area contributed by atoms with Crippen molar-refractivity contribution in [3.05, 3.63) is 77.1 Å². The minimum atomic E-state index is -4.44. The molecule has 5 N–H and O–H groups in total. The van der Waals surface area contributed by atoms with Gasteiger partial charge in [-0.25, -0.2) is 9.40 Å². The zero-order valence-corrected chi connectivity index (χ0v) is 20.9. The van der Waals surface area contributed by atoms with Gasteiger partial charge in [-0.2, -0.15) is 13.2 Å². The van der Waals surface area contributed by atoms with E-state index >= 15 is 0 Å². The molecule has 35 heavy (non-hydrogen) atoms. The molecule has 1 fully saturated rings. The van der Waals surface area contributed by atoms with Crippen molar-refractivity contribution in [1.82, 2.24) is 10.3 Å². The molecule has 1 aliphatic rings. The second kappa shape index (κ2) is 15.2. The Labute approximate surface area is 205 Å². The molecule has 2 aromatic carbocycles. The normalized spacial score (nSPS) is 14.0. The molecule has 0 radical (unpaired) electrons. The number of alkyl halides is 3. The number of nitrogens with two attached hydrogens (primary N) is 2. The van der Waals surface area contributed by atoms with Crippen LogP contribution in [0.2, 0.25) is 0 Å². The van der Waals surface area contributed by atoms with Crippen LogP contribution in [0.25, 0.3) is 5.70 Å². The van der Waals surface area contributed by atoms with Crippen LogP contribution in [0.15, 0.2) is 59.6 Å². The van der Waals surface area contributed by atoms with Crippen LogP contribution in [-0.2, 0) is 12.7 Å². The van der Waals surface area contributed by atoms with Gasteiger partial charge in [0, 0.05) is 43.5 Å². The number of benzene rings is 2. The van der Waals surface area contributed by atoms with Gasteiger partial charge in [-0.15, -0.1) is 0 Å². The summed E-state index contributed by atoms with van der Waals surface area (Å²) in [4.78, 5) is 3.94. The molecule has 0 heterocycles. The second-order valence-electron chi connectivity index (χ2n) is 7.67. The van der Waals surface area contributed by atoms with E-state index in [1.807, 2.05) is 18.9 Å². The lowest BCUT2D eigenvalue weighted by molar-refractivity contribution is -0.138. The van der Waals surface area contributed by atoms with Crippen molar-refractivity contribution in [3.8, 4) is 0 Å². The number of rotatable bonds is 7. The number of hydrazine groups is 1. The number of nitrogens with one attached hydrogen (secondary N) is 1. The van der Waals surface area contributed by atoms with Gasteiger partial charge in [0.1, 0.15) is 11.7 Å². The van der Waals surface area contributed by atoms with Gasteiger partial charge >= 0.3 is 6.18 Å². The molecule has 5 nitrogen and oxygen atoms in total. The van der Waals surface area contributed by atoms with Crippen molar-refractivity contribution in [2.24, 2.45) is 16.6 Å². The van der Waals surface area contributed by atoms with Gasteiger partial charge in [-0.05, 0) is 43.0 Å². The molecule has 0 amide bonds.